The third-order valence-corrected chi connectivity index (χ3v) is 3.60. The van der Waals surface area contributed by atoms with Crippen molar-refractivity contribution in [2.75, 3.05) is 46.9 Å². The lowest BCUT2D eigenvalue weighted by Gasteiger charge is -2.31. The van der Waals surface area contributed by atoms with E-state index in [0.717, 1.165) is 26.2 Å². The van der Waals surface area contributed by atoms with Gasteiger partial charge in [0.05, 0.1) is 19.2 Å². The van der Waals surface area contributed by atoms with Crippen LogP contribution in [0, 0.1) is 0 Å². The van der Waals surface area contributed by atoms with Crippen molar-refractivity contribution in [3.63, 3.8) is 0 Å². The van der Waals surface area contributed by atoms with Crippen molar-refractivity contribution in [2.45, 2.75) is 0 Å². The first kappa shape index (κ1) is 14.6. The Morgan fingerprint density at radius 1 is 1.20 bits per heavy atom. The number of carbonyl (C=O) groups is 1. The third kappa shape index (κ3) is 3.02. The highest BCUT2D eigenvalue weighted by atomic mass is 16.5. The summed E-state index contributed by atoms with van der Waals surface area (Å²) in [7, 11) is 3.44. The molecule has 1 heterocycles. The summed E-state index contributed by atoms with van der Waals surface area (Å²) >= 11 is 0. The molecule has 0 atom stereocenters. The first-order valence-corrected chi connectivity index (χ1v) is 6.56. The Morgan fingerprint density at radius 2 is 1.85 bits per heavy atom. The molecule has 0 saturated carbocycles. The molecule has 2 N–H and O–H groups in total. The van der Waals surface area contributed by atoms with Gasteiger partial charge in [-0.2, -0.15) is 0 Å². The van der Waals surface area contributed by atoms with Crippen LogP contribution in [0.25, 0.3) is 0 Å². The van der Waals surface area contributed by atoms with Crippen molar-refractivity contribution >= 4 is 5.78 Å². The van der Waals surface area contributed by atoms with Crippen LogP contribution in [0.1, 0.15) is 10.4 Å². The quantitative estimate of drug-likeness (QED) is 0.619. The van der Waals surface area contributed by atoms with Gasteiger partial charge in [-0.3, -0.25) is 9.69 Å². The smallest absolute Gasteiger partial charge is 0.201 e. The lowest BCUT2D eigenvalue weighted by atomic mass is 10.1. The van der Waals surface area contributed by atoms with Gasteiger partial charge >= 0.3 is 0 Å². The van der Waals surface area contributed by atoms with E-state index in [0.29, 0.717) is 0 Å². The molecule has 0 radical (unpaired) electrons. The minimum atomic E-state index is -0.413. The SMILES string of the molecule is COc1ccc(C(=O)CN2CCN(C)CC2)c(O)c1O. The van der Waals surface area contributed by atoms with Gasteiger partial charge in [0, 0.05) is 26.2 Å². The average molecular weight is 280 g/mol. The molecule has 1 aromatic rings. The number of phenols is 2. The van der Waals surface area contributed by atoms with Gasteiger partial charge in [0.2, 0.25) is 5.75 Å². The van der Waals surface area contributed by atoms with Crippen LogP contribution in [0.3, 0.4) is 0 Å². The highest BCUT2D eigenvalue weighted by molar-refractivity contribution is 6.01. The van der Waals surface area contributed by atoms with Crippen LogP contribution in [0.15, 0.2) is 12.1 Å². The molecule has 6 heteroatoms. The minimum absolute atomic E-state index is 0.127. The normalized spacial score (nSPS) is 17.1. The summed E-state index contributed by atoms with van der Waals surface area (Å²) in [5, 5.41) is 19.6. The van der Waals surface area contributed by atoms with Crippen molar-refractivity contribution < 1.29 is 19.7 Å². The van der Waals surface area contributed by atoms with Gasteiger partial charge in [0.25, 0.3) is 0 Å². The van der Waals surface area contributed by atoms with Crippen molar-refractivity contribution in [1.82, 2.24) is 9.80 Å². The molecule has 1 aromatic carbocycles. The van der Waals surface area contributed by atoms with Crippen LogP contribution >= 0.6 is 0 Å². The lowest BCUT2D eigenvalue weighted by Crippen LogP contribution is -2.46. The number of ether oxygens (including phenoxy) is 1. The van der Waals surface area contributed by atoms with Crippen molar-refractivity contribution in [2.24, 2.45) is 0 Å². The molecule has 110 valence electrons. The summed E-state index contributed by atoms with van der Waals surface area (Å²) in [6, 6.07) is 2.96. The standard InChI is InChI=1S/C14H20N2O4/c1-15-5-7-16(8-6-15)9-11(17)10-3-4-12(20-2)14(19)13(10)18/h3-4,18-19H,5-9H2,1-2H3. The van der Waals surface area contributed by atoms with E-state index in [-0.39, 0.29) is 23.6 Å². The molecule has 0 bridgehead atoms. The van der Waals surface area contributed by atoms with E-state index in [1.54, 1.807) is 0 Å². The molecule has 1 aliphatic heterocycles. The fraction of sp³-hybridized carbons (Fsp3) is 0.500. The lowest BCUT2D eigenvalue weighted by molar-refractivity contribution is 0.0873. The monoisotopic (exact) mass is 280 g/mol. The van der Waals surface area contributed by atoms with Crippen LogP contribution in [-0.4, -0.2) is 72.7 Å². The molecule has 1 saturated heterocycles. The molecule has 0 aliphatic carbocycles. The van der Waals surface area contributed by atoms with E-state index in [4.69, 9.17) is 4.74 Å². The van der Waals surface area contributed by atoms with Crippen LogP contribution < -0.4 is 4.74 Å². The van der Waals surface area contributed by atoms with Crippen molar-refractivity contribution in [3.05, 3.63) is 17.7 Å². The highest BCUT2D eigenvalue weighted by Crippen LogP contribution is 2.37. The Morgan fingerprint density at radius 3 is 2.45 bits per heavy atom. The van der Waals surface area contributed by atoms with Crippen LogP contribution in [0.2, 0.25) is 0 Å². The maximum atomic E-state index is 12.2. The predicted molar refractivity (Wildman–Crippen MR) is 74.6 cm³/mol. The number of nitrogens with zero attached hydrogens (tertiary/aromatic N) is 2. The molecule has 0 unspecified atom stereocenters. The van der Waals surface area contributed by atoms with E-state index in [2.05, 4.69) is 4.90 Å². The Labute approximate surface area is 118 Å². The van der Waals surface area contributed by atoms with Crippen molar-refractivity contribution in [3.8, 4) is 17.2 Å². The number of hydrogen-bond acceptors (Lipinski definition) is 6. The van der Waals surface area contributed by atoms with Gasteiger partial charge in [0.15, 0.2) is 17.3 Å². The summed E-state index contributed by atoms with van der Waals surface area (Å²) in [5.74, 6) is -0.858. The van der Waals surface area contributed by atoms with E-state index in [1.165, 1.54) is 19.2 Å². The van der Waals surface area contributed by atoms with E-state index < -0.39 is 11.5 Å². The van der Waals surface area contributed by atoms with Gasteiger partial charge in [0.1, 0.15) is 0 Å². The largest absolute Gasteiger partial charge is 0.504 e. The maximum absolute atomic E-state index is 12.2. The molecule has 6 nitrogen and oxygen atoms in total. The number of hydrogen-bond donors (Lipinski definition) is 2. The molecule has 20 heavy (non-hydrogen) atoms. The molecule has 1 fully saturated rings. The summed E-state index contributed by atoms with van der Waals surface area (Å²) in [6.45, 7) is 3.74. The Bertz CT molecular complexity index is 496. The Kier molecular flexibility index (Phi) is 4.46. The van der Waals surface area contributed by atoms with Gasteiger partial charge in [-0.25, -0.2) is 0 Å². The molecular weight excluding hydrogens is 260 g/mol. The number of phenolic OH excluding ortho intramolecular Hbond substituents is 2. The summed E-state index contributed by atoms with van der Waals surface area (Å²) in [6.07, 6.45) is 0. The van der Waals surface area contributed by atoms with Crippen LogP contribution in [-0.2, 0) is 0 Å². The van der Waals surface area contributed by atoms with Gasteiger partial charge in [-0.15, -0.1) is 0 Å². The maximum Gasteiger partial charge on any atom is 0.201 e. The van der Waals surface area contributed by atoms with E-state index in [9.17, 15) is 15.0 Å². The van der Waals surface area contributed by atoms with Gasteiger partial charge < -0.3 is 19.8 Å². The Balaban J connectivity index is 2.08. The van der Waals surface area contributed by atoms with Crippen LogP contribution in [0.4, 0.5) is 0 Å². The molecule has 0 amide bonds. The van der Waals surface area contributed by atoms with E-state index >= 15 is 0 Å². The Hall–Kier alpha value is -1.79. The second-order valence-corrected chi connectivity index (χ2v) is 5.02. The predicted octanol–water partition coefficient (Wildman–Crippen LogP) is 0.536. The average Bonchev–Trinajstić information content (AvgIpc) is 2.44. The number of benzene rings is 1. The number of Topliss-reactive ketones (excluding diaryl/α,β-unsaturated/α-hetero) is 1. The number of rotatable bonds is 4. The second-order valence-electron chi connectivity index (χ2n) is 5.02. The summed E-state index contributed by atoms with van der Waals surface area (Å²) < 4.78 is 4.89. The fourth-order valence-electron chi connectivity index (χ4n) is 2.25. The number of carbonyl (C=O) groups excluding carboxylic acids is 1. The summed E-state index contributed by atoms with van der Waals surface area (Å²) in [4.78, 5) is 16.5. The summed E-state index contributed by atoms with van der Waals surface area (Å²) in [5.41, 5.74) is 0.127. The number of methoxy groups -OCH3 is 1. The molecule has 0 aromatic heterocycles. The molecule has 0 spiro atoms. The zero-order valence-electron chi connectivity index (χ0n) is 11.8. The van der Waals surface area contributed by atoms with Crippen LogP contribution in [0.5, 0.6) is 17.2 Å². The van der Waals surface area contributed by atoms with Crippen molar-refractivity contribution in [1.29, 1.82) is 0 Å². The van der Waals surface area contributed by atoms with E-state index in [1.807, 2.05) is 11.9 Å². The number of ketones is 1. The number of aromatic hydroxyl groups is 2. The molecular formula is C14H20N2O4. The zero-order chi connectivity index (χ0) is 14.7. The molecule has 1 aliphatic rings. The first-order valence-electron chi connectivity index (χ1n) is 6.56. The topological polar surface area (TPSA) is 73.2 Å². The molecule has 2 rings (SSSR count). The first-order chi connectivity index (χ1) is 9.52. The van der Waals surface area contributed by atoms with Gasteiger partial charge in [-0.1, -0.05) is 0 Å². The third-order valence-electron chi connectivity index (χ3n) is 3.60. The number of piperazine rings is 1. The fourth-order valence-corrected chi connectivity index (χ4v) is 2.25. The zero-order valence-corrected chi connectivity index (χ0v) is 11.8. The van der Waals surface area contributed by atoms with Gasteiger partial charge in [-0.05, 0) is 19.2 Å². The highest BCUT2D eigenvalue weighted by Gasteiger charge is 2.21. The minimum Gasteiger partial charge on any atom is -0.504 e. The number of likely N-dealkylation sites (N-methyl/N-ethyl adjacent to an activating group) is 1. The second kappa shape index (κ2) is 6.11.